The molecular weight excluding hydrogens is 352 g/mol. The number of benzene rings is 1. The molecule has 1 N–H and O–H groups in total. The minimum atomic E-state index is -3.13. The predicted octanol–water partition coefficient (Wildman–Crippen LogP) is 3.03. The van der Waals surface area contributed by atoms with E-state index in [1.54, 1.807) is 11.8 Å². The molecule has 6 heteroatoms. The van der Waals surface area contributed by atoms with Crippen molar-refractivity contribution < 1.29 is 8.42 Å². The lowest BCUT2D eigenvalue weighted by Crippen LogP contribution is -2.52. The van der Waals surface area contributed by atoms with E-state index in [4.69, 9.17) is 0 Å². The Morgan fingerprint density at radius 3 is 2.32 bits per heavy atom. The molecule has 2 unspecified atom stereocenters. The third kappa shape index (κ3) is 5.71. The van der Waals surface area contributed by atoms with Crippen LogP contribution in [0.4, 0.5) is 0 Å². The van der Waals surface area contributed by atoms with Crippen LogP contribution in [0.1, 0.15) is 32.3 Å². The quantitative estimate of drug-likeness (QED) is 0.698. The van der Waals surface area contributed by atoms with Crippen LogP contribution in [0.15, 0.2) is 29.2 Å². The van der Waals surface area contributed by atoms with Crippen LogP contribution in [-0.2, 0) is 16.3 Å². The van der Waals surface area contributed by atoms with E-state index in [2.05, 4.69) is 54.6 Å². The lowest BCUT2D eigenvalue weighted by atomic mass is 9.95. The Morgan fingerprint density at radius 1 is 1.24 bits per heavy atom. The van der Waals surface area contributed by atoms with Gasteiger partial charge in [-0.05, 0) is 75.7 Å². The molecule has 1 fully saturated rings. The van der Waals surface area contributed by atoms with Crippen molar-refractivity contribution in [3.05, 3.63) is 29.8 Å². The predicted molar refractivity (Wildman–Crippen MR) is 108 cm³/mol. The Hall–Kier alpha value is -0.560. The van der Waals surface area contributed by atoms with Gasteiger partial charge in [-0.3, -0.25) is 4.90 Å². The molecule has 1 aliphatic heterocycles. The zero-order chi connectivity index (χ0) is 18.4. The van der Waals surface area contributed by atoms with Crippen LogP contribution in [0, 0.1) is 5.92 Å². The first-order valence-corrected chi connectivity index (χ1v) is 12.3. The summed E-state index contributed by atoms with van der Waals surface area (Å²) in [5, 5.41) is 2.97. The van der Waals surface area contributed by atoms with Crippen LogP contribution in [0.3, 0.4) is 0 Å². The average Bonchev–Trinajstić information content (AvgIpc) is 2.59. The lowest BCUT2D eigenvalue weighted by Gasteiger charge is -2.40. The van der Waals surface area contributed by atoms with E-state index < -0.39 is 9.84 Å². The molecule has 2 rings (SSSR count). The maximum Gasteiger partial charge on any atom is 0.163 e. The maximum absolute atomic E-state index is 12.6. The SMILES string of the molecule is CCN(C(C)Cc1ccc(SC)cc1)C(C1CCNCC1)S(C)(=O)=O. The van der Waals surface area contributed by atoms with Crippen LogP contribution < -0.4 is 5.32 Å². The number of hydrogen-bond donors (Lipinski definition) is 1. The first kappa shape index (κ1) is 20.7. The van der Waals surface area contributed by atoms with Crippen LogP contribution in [0.2, 0.25) is 0 Å². The summed E-state index contributed by atoms with van der Waals surface area (Å²) in [6, 6.07) is 8.81. The van der Waals surface area contributed by atoms with Crippen LogP contribution in [-0.4, -0.2) is 56.9 Å². The number of sulfone groups is 1. The molecule has 0 aromatic heterocycles. The van der Waals surface area contributed by atoms with Crippen molar-refractivity contribution in [2.45, 2.75) is 49.4 Å². The lowest BCUT2D eigenvalue weighted by molar-refractivity contribution is 0.138. The zero-order valence-electron chi connectivity index (χ0n) is 15.9. The number of hydrogen-bond acceptors (Lipinski definition) is 5. The monoisotopic (exact) mass is 384 g/mol. The highest BCUT2D eigenvalue weighted by molar-refractivity contribution is 7.98. The van der Waals surface area contributed by atoms with Crippen LogP contribution >= 0.6 is 11.8 Å². The summed E-state index contributed by atoms with van der Waals surface area (Å²) in [6.07, 6.45) is 6.22. The van der Waals surface area contributed by atoms with Gasteiger partial charge in [0.05, 0.1) is 0 Å². The van der Waals surface area contributed by atoms with Crippen molar-refractivity contribution in [3.63, 3.8) is 0 Å². The number of rotatable bonds is 8. The van der Waals surface area contributed by atoms with E-state index in [0.717, 1.165) is 38.9 Å². The second kappa shape index (κ2) is 9.40. The molecule has 0 saturated carbocycles. The minimum absolute atomic E-state index is 0.194. The third-order valence-corrected chi connectivity index (χ3v) is 7.45. The molecule has 1 aromatic rings. The van der Waals surface area contributed by atoms with Crippen molar-refractivity contribution >= 4 is 21.6 Å². The highest BCUT2D eigenvalue weighted by Gasteiger charge is 2.37. The van der Waals surface area contributed by atoms with Crippen molar-refractivity contribution in [2.24, 2.45) is 5.92 Å². The second-order valence-corrected chi connectivity index (χ2v) is 10.1. The van der Waals surface area contributed by atoms with Gasteiger partial charge in [0.2, 0.25) is 0 Å². The van der Waals surface area contributed by atoms with Crippen molar-refractivity contribution in [3.8, 4) is 0 Å². The topological polar surface area (TPSA) is 49.4 Å². The van der Waals surface area contributed by atoms with Crippen molar-refractivity contribution in [1.82, 2.24) is 10.2 Å². The molecule has 25 heavy (non-hydrogen) atoms. The Kier molecular flexibility index (Phi) is 7.80. The van der Waals surface area contributed by atoms with Gasteiger partial charge in [-0.1, -0.05) is 19.1 Å². The van der Waals surface area contributed by atoms with E-state index in [9.17, 15) is 8.42 Å². The number of piperidine rings is 1. The molecule has 0 amide bonds. The van der Waals surface area contributed by atoms with Gasteiger partial charge in [-0.2, -0.15) is 0 Å². The largest absolute Gasteiger partial charge is 0.317 e. The van der Waals surface area contributed by atoms with Crippen LogP contribution in [0.5, 0.6) is 0 Å². The molecule has 0 spiro atoms. The number of likely N-dealkylation sites (N-methyl/N-ethyl adjacent to an activating group) is 1. The number of nitrogens with one attached hydrogen (secondary N) is 1. The minimum Gasteiger partial charge on any atom is -0.317 e. The molecule has 0 aliphatic carbocycles. The second-order valence-electron chi connectivity index (χ2n) is 7.04. The normalized spacial score (nSPS) is 19.1. The number of nitrogens with zero attached hydrogens (tertiary/aromatic N) is 1. The standard InChI is InChI=1S/C19H32N2O2S2/c1-5-21(15(2)14-16-6-8-18(24-3)9-7-16)19(25(4,22)23)17-10-12-20-13-11-17/h6-9,15,17,19-20H,5,10-14H2,1-4H3. The summed E-state index contributed by atoms with van der Waals surface area (Å²) in [5.74, 6) is 0.220. The molecule has 142 valence electrons. The Balaban J connectivity index is 2.17. The van der Waals surface area contributed by atoms with Gasteiger partial charge in [-0.15, -0.1) is 11.8 Å². The Labute approximate surface area is 157 Å². The molecule has 1 aromatic carbocycles. The third-order valence-electron chi connectivity index (χ3n) is 5.17. The summed E-state index contributed by atoms with van der Waals surface area (Å²) in [7, 11) is -3.13. The summed E-state index contributed by atoms with van der Waals surface area (Å²) in [4.78, 5) is 3.46. The smallest absolute Gasteiger partial charge is 0.163 e. The van der Waals surface area contributed by atoms with Crippen molar-refractivity contribution in [1.29, 1.82) is 0 Å². The zero-order valence-corrected chi connectivity index (χ0v) is 17.5. The fourth-order valence-electron chi connectivity index (χ4n) is 3.96. The van der Waals surface area contributed by atoms with Crippen molar-refractivity contribution in [2.75, 3.05) is 32.1 Å². The summed E-state index contributed by atoms with van der Waals surface area (Å²) in [6.45, 7) is 6.82. The molecule has 4 nitrogen and oxygen atoms in total. The molecule has 1 aliphatic rings. The van der Waals surface area contributed by atoms with Gasteiger partial charge >= 0.3 is 0 Å². The van der Waals surface area contributed by atoms with Gasteiger partial charge in [0, 0.05) is 17.2 Å². The van der Waals surface area contributed by atoms with Gasteiger partial charge in [0.15, 0.2) is 9.84 Å². The van der Waals surface area contributed by atoms with Gasteiger partial charge in [-0.25, -0.2) is 8.42 Å². The number of thioether (sulfide) groups is 1. The first-order chi connectivity index (χ1) is 11.9. The molecule has 2 atom stereocenters. The molecule has 0 bridgehead atoms. The van der Waals surface area contributed by atoms with Crippen LogP contribution in [0.25, 0.3) is 0 Å². The highest BCUT2D eigenvalue weighted by atomic mass is 32.2. The molecule has 1 heterocycles. The summed E-state index contributed by atoms with van der Waals surface area (Å²) < 4.78 is 25.2. The molecule has 1 saturated heterocycles. The molecule has 0 radical (unpaired) electrons. The fraction of sp³-hybridized carbons (Fsp3) is 0.684. The fourth-order valence-corrected chi connectivity index (χ4v) is 6.19. The van der Waals surface area contributed by atoms with E-state index in [0.29, 0.717) is 0 Å². The van der Waals surface area contributed by atoms with E-state index in [1.807, 2.05) is 0 Å². The maximum atomic E-state index is 12.6. The van der Waals surface area contributed by atoms with E-state index >= 15 is 0 Å². The first-order valence-electron chi connectivity index (χ1n) is 9.15. The summed E-state index contributed by atoms with van der Waals surface area (Å²) >= 11 is 1.74. The highest BCUT2D eigenvalue weighted by Crippen LogP contribution is 2.27. The molecular formula is C19H32N2O2S2. The average molecular weight is 385 g/mol. The van der Waals surface area contributed by atoms with E-state index in [-0.39, 0.29) is 17.3 Å². The van der Waals surface area contributed by atoms with Gasteiger partial charge < -0.3 is 5.32 Å². The van der Waals surface area contributed by atoms with Gasteiger partial charge in [0.1, 0.15) is 5.37 Å². The van der Waals surface area contributed by atoms with Gasteiger partial charge in [0.25, 0.3) is 0 Å². The Morgan fingerprint density at radius 2 is 1.84 bits per heavy atom. The Bertz CT molecular complexity index is 625. The van der Waals surface area contributed by atoms with E-state index in [1.165, 1.54) is 16.7 Å². The summed E-state index contributed by atoms with van der Waals surface area (Å²) in [5.41, 5.74) is 1.27.